The number of nitrogens with one attached hydrogen (secondary N) is 1. The highest BCUT2D eigenvalue weighted by Gasteiger charge is 2.15. The molecule has 176 valence electrons. The minimum atomic E-state index is -0.274. The Kier molecular flexibility index (Phi) is 6.53. The van der Waals surface area contributed by atoms with E-state index in [-0.39, 0.29) is 23.2 Å². The molecule has 0 unspecified atom stereocenters. The van der Waals surface area contributed by atoms with E-state index in [2.05, 4.69) is 16.0 Å². The molecular weight excluding hydrogens is 444 g/mol. The second-order valence-corrected chi connectivity index (χ2v) is 8.78. The summed E-state index contributed by atoms with van der Waals surface area (Å²) in [7, 11) is 0. The monoisotopic (exact) mass is 469 g/mol. The molecule has 0 aliphatic carbocycles. The van der Waals surface area contributed by atoms with E-state index >= 15 is 0 Å². The molecule has 0 saturated heterocycles. The molecule has 0 radical (unpaired) electrons. The second kappa shape index (κ2) is 10.1. The van der Waals surface area contributed by atoms with Crippen molar-refractivity contribution < 1.29 is 8.78 Å². The van der Waals surface area contributed by atoms with Crippen LogP contribution >= 0.6 is 0 Å². The predicted molar refractivity (Wildman–Crippen MR) is 133 cm³/mol. The van der Waals surface area contributed by atoms with Crippen molar-refractivity contribution in [3.8, 4) is 0 Å². The molecule has 3 aromatic carbocycles. The number of aromatic nitrogens is 3. The van der Waals surface area contributed by atoms with Crippen LogP contribution in [0, 0.1) is 11.6 Å². The third-order valence-electron chi connectivity index (χ3n) is 6.40. The number of fused-ring (bicyclic) bond motifs is 1. The van der Waals surface area contributed by atoms with Gasteiger partial charge in [-0.15, -0.1) is 0 Å². The Labute approximate surface area is 201 Å². The number of hydrogen-bond donors (Lipinski definition) is 1. The summed E-state index contributed by atoms with van der Waals surface area (Å²) < 4.78 is 28.7. The molecule has 0 fully saturated rings. The number of aryl methyl sites for hydroxylation is 1. The van der Waals surface area contributed by atoms with Gasteiger partial charge in [-0.2, -0.15) is 0 Å². The molecule has 2 heterocycles. The largest absolute Gasteiger partial charge is 0.326 e. The molecule has 0 aliphatic rings. The van der Waals surface area contributed by atoms with Crippen molar-refractivity contribution in [3.63, 3.8) is 0 Å². The van der Waals surface area contributed by atoms with E-state index in [0.717, 1.165) is 52.5 Å². The number of imidazole rings is 1. The third kappa shape index (κ3) is 5.22. The first-order valence-electron chi connectivity index (χ1n) is 11.7. The number of halogens is 2. The van der Waals surface area contributed by atoms with Crippen LogP contribution < -0.4 is 5.69 Å². The van der Waals surface area contributed by atoms with E-state index in [1.54, 1.807) is 41.2 Å². The maximum absolute atomic E-state index is 13.5. The molecule has 6 heteroatoms. The smallest absolute Gasteiger partial charge is 0.306 e. The molecular formula is C29H25F2N3O. The van der Waals surface area contributed by atoms with Gasteiger partial charge in [0.05, 0.1) is 17.6 Å². The summed E-state index contributed by atoms with van der Waals surface area (Å²) in [4.78, 5) is 19.6. The SMILES string of the molecule is O=c1[nH]c2cc(CCCC(c3ccc(F)cc3)c3ccc(F)cc3)ccc2n1Cc1cccnc1. The Morgan fingerprint density at radius 1 is 0.857 bits per heavy atom. The number of hydrogen-bond acceptors (Lipinski definition) is 2. The first-order chi connectivity index (χ1) is 17.1. The zero-order valence-corrected chi connectivity index (χ0v) is 19.1. The molecule has 2 aromatic heterocycles. The van der Waals surface area contributed by atoms with Crippen molar-refractivity contribution in [2.45, 2.75) is 31.7 Å². The Balaban J connectivity index is 1.32. The van der Waals surface area contributed by atoms with Crippen LogP contribution in [0.4, 0.5) is 8.78 Å². The van der Waals surface area contributed by atoms with Gasteiger partial charge in [0.2, 0.25) is 0 Å². The summed E-state index contributed by atoms with van der Waals surface area (Å²) in [6, 6.07) is 22.9. The number of aromatic amines is 1. The van der Waals surface area contributed by atoms with Crippen LogP contribution in [0.5, 0.6) is 0 Å². The van der Waals surface area contributed by atoms with Gasteiger partial charge in [0.15, 0.2) is 0 Å². The Morgan fingerprint density at radius 3 is 2.17 bits per heavy atom. The average Bonchev–Trinajstić information content (AvgIpc) is 3.18. The predicted octanol–water partition coefficient (Wildman–Crippen LogP) is 6.21. The zero-order chi connectivity index (χ0) is 24.2. The molecule has 0 bridgehead atoms. The summed E-state index contributed by atoms with van der Waals surface area (Å²) in [5, 5.41) is 0. The first-order valence-corrected chi connectivity index (χ1v) is 11.7. The maximum Gasteiger partial charge on any atom is 0.326 e. The van der Waals surface area contributed by atoms with Crippen LogP contribution in [0.1, 0.15) is 41.0 Å². The fourth-order valence-corrected chi connectivity index (χ4v) is 4.62. The van der Waals surface area contributed by atoms with Crippen LogP contribution in [-0.4, -0.2) is 14.5 Å². The lowest BCUT2D eigenvalue weighted by molar-refractivity contribution is 0.618. The molecule has 0 saturated carbocycles. The molecule has 1 N–H and O–H groups in total. The fraction of sp³-hybridized carbons (Fsp3) is 0.172. The topological polar surface area (TPSA) is 50.7 Å². The van der Waals surface area contributed by atoms with Crippen molar-refractivity contribution in [1.82, 2.24) is 14.5 Å². The van der Waals surface area contributed by atoms with Gasteiger partial charge in [-0.25, -0.2) is 13.6 Å². The van der Waals surface area contributed by atoms with Crippen molar-refractivity contribution in [3.05, 3.63) is 136 Å². The third-order valence-corrected chi connectivity index (χ3v) is 6.40. The number of benzene rings is 3. The highest BCUT2D eigenvalue weighted by Crippen LogP contribution is 2.30. The second-order valence-electron chi connectivity index (χ2n) is 8.78. The minimum Gasteiger partial charge on any atom is -0.306 e. The van der Waals surface area contributed by atoms with Crippen molar-refractivity contribution in [1.29, 1.82) is 0 Å². The number of H-pyrrole nitrogens is 1. The number of rotatable bonds is 8. The van der Waals surface area contributed by atoms with Gasteiger partial charge in [0.1, 0.15) is 11.6 Å². The Bertz CT molecular complexity index is 1430. The fourth-order valence-electron chi connectivity index (χ4n) is 4.62. The summed E-state index contributed by atoms with van der Waals surface area (Å²) in [5.41, 5.74) is 5.63. The Hall–Kier alpha value is -4.06. The van der Waals surface area contributed by atoms with Crippen LogP contribution in [0.15, 0.2) is 96.1 Å². The molecule has 35 heavy (non-hydrogen) atoms. The summed E-state index contributed by atoms with van der Waals surface area (Å²) >= 11 is 0. The highest BCUT2D eigenvalue weighted by molar-refractivity contribution is 5.76. The van der Waals surface area contributed by atoms with E-state index in [1.807, 2.05) is 24.3 Å². The lowest BCUT2D eigenvalue weighted by Gasteiger charge is -2.18. The number of nitrogens with zero attached hydrogens (tertiary/aromatic N) is 2. The van der Waals surface area contributed by atoms with Gasteiger partial charge >= 0.3 is 5.69 Å². The lowest BCUT2D eigenvalue weighted by atomic mass is 9.86. The van der Waals surface area contributed by atoms with Crippen molar-refractivity contribution >= 4 is 11.0 Å². The lowest BCUT2D eigenvalue weighted by Crippen LogP contribution is -2.17. The normalized spacial score (nSPS) is 11.4. The van der Waals surface area contributed by atoms with E-state index < -0.39 is 0 Å². The minimum absolute atomic E-state index is 0.0419. The van der Waals surface area contributed by atoms with Gasteiger partial charge in [0, 0.05) is 18.3 Å². The van der Waals surface area contributed by atoms with Gasteiger partial charge in [-0.05, 0) is 84.0 Å². The maximum atomic E-state index is 13.5. The van der Waals surface area contributed by atoms with Crippen LogP contribution in [0.2, 0.25) is 0 Å². The Morgan fingerprint density at radius 2 is 1.54 bits per heavy atom. The molecule has 4 nitrogen and oxygen atoms in total. The van der Waals surface area contributed by atoms with Gasteiger partial charge in [-0.3, -0.25) is 9.55 Å². The van der Waals surface area contributed by atoms with Gasteiger partial charge in [-0.1, -0.05) is 36.4 Å². The standard InChI is InChI=1S/C29H25F2N3O/c30-24-11-7-22(8-12-24)26(23-9-13-25(31)14-10-23)5-1-3-20-6-15-28-27(17-20)33-29(35)34(28)19-21-4-2-16-32-18-21/h2,4,6-18,26H,1,3,5,19H2,(H,33,35). The van der Waals surface area contributed by atoms with Gasteiger partial charge < -0.3 is 4.98 Å². The summed E-state index contributed by atoms with van der Waals surface area (Å²) in [6.07, 6.45) is 6.01. The molecule has 5 rings (SSSR count). The van der Waals surface area contributed by atoms with Crippen LogP contribution in [-0.2, 0) is 13.0 Å². The van der Waals surface area contributed by atoms with E-state index in [4.69, 9.17) is 0 Å². The highest BCUT2D eigenvalue weighted by atomic mass is 19.1. The zero-order valence-electron chi connectivity index (χ0n) is 19.1. The summed E-state index contributed by atoms with van der Waals surface area (Å²) in [6.45, 7) is 0.461. The van der Waals surface area contributed by atoms with E-state index in [9.17, 15) is 13.6 Å². The number of pyridine rings is 1. The molecule has 0 atom stereocenters. The average molecular weight is 470 g/mol. The van der Waals surface area contributed by atoms with E-state index in [0.29, 0.717) is 6.54 Å². The van der Waals surface area contributed by atoms with Crippen LogP contribution in [0.25, 0.3) is 11.0 Å². The molecule has 5 aromatic rings. The van der Waals surface area contributed by atoms with Crippen molar-refractivity contribution in [2.75, 3.05) is 0 Å². The molecule has 0 aliphatic heterocycles. The first kappa shape index (κ1) is 22.7. The van der Waals surface area contributed by atoms with E-state index in [1.165, 1.54) is 24.3 Å². The molecule has 0 amide bonds. The summed E-state index contributed by atoms with van der Waals surface area (Å²) in [5.74, 6) is -0.506. The van der Waals surface area contributed by atoms with Gasteiger partial charge in [0.25, 0.3) is 0 Å². The van der Waals surface area contributed by atoms with Crippen LogP contribution in [0.3, 0.4) is 0 Å². The molecule has 0 spiro atoms. The van der Waals surface area contributed by atoms with Crippen molar-refractivity contribution in [2.24, 2.45) is 0 Å². The quantitative estimate of drug-likeness (QED) is 0.294.